The van der Waals surface area contributed by atoms with Crippen LogP contribution < -0.4 is 5.32 Å². The van der Waals surface area contributed by atoms with Crippen molar-refractivity contribution in [1.29, 1.82) is 0 Å². The standard InChI is InChI=1S/C15H25NOS/c1-2-10-16-14-8-4-3-5-9-15(14)18-12-13-7-6-11-17-13/h6-7,11,14-16H,2-5,8-10,12H2,1H3. The average molecular weight is 267 g/mol. The number of furan rings is 1. The Kier molecular flexibility index (Phi) is 6.15. The molecule has 2 nitrogen and oxygen atoms in total. The van der Waals surface area contributed by atoms with Crippen LogP contribution in [0.15, 0.2) is 22.8 Å². The molecule has 1 N–H and O–H groups in total. The van der Waals surface area contributed by atoms with E-state index in [1.165, 1.54) is 38.5 Å². The Labute approximate surface area is 115 Å². The van der Waals surface area contributed by atoms with Crippen molar-refractivity contribution in [3.05, 3.63) is 24.2 Å². The highest BCUT2D eigenvalue weighted by atomic mass is 32.2. The zero-order valence-corrected chi connectivity index (χ0v) is 12.2. The summed E-state index contributed by atoms with van der Waals surface area (Å²) >= 11 is 2.07. The summed E-state index contributed by atoms with van der Waals surface area (Å²) in [6.45, 7) is 3.40. The molecular formula is C15H25NOS. The van der Waals surface area contributed by atoms with Gasteiger partial charge in [-0.3, -0.25) is 0 Å². The first kappa shape index (κ1) is 14.0. The van der Waals surface area contributed by atoms with Crippen LogP contribution in [0.3, 0.4) is 0 Å². The topological polar surface area (TPSA) is 25.2 Å². The molecule has 0 spiro atoms. The van der Waals surface area contributed by atoms with E-state index in [1.54, 1.807) is 6.26 Å². The highest BCUT2D eigenvalue weighted by Gasteiger charge is 2.23. The summed E-state index contributed by atoms with van der Waals surface area (Å²) in [6.07, 6.45) is 9.88. The molecule has 0 aliphatic heterocycles. The molecule has 18 heavy (non-hydrogen) atoms. The maximum Gasteiger partial charge on any atom is 0.113 e. The second-order valence-electron chi connectivity index (χ2n) is 5.13. The van der Waals surface area contributed by atoms with Crippen LogP contribution in [-0.4, -0.2) is 17.8 Å². The molecule has 1 aliphatic carbocycles. The predicted octanol–water partition coefficient (Wildman–Crippen LogP) is 4.21. The summed E-state index contributed by atoms with van der Waals surface area (Å²) in [7, 11) is 0. The third-order valence-electron chi connectivity index (χ3n) is 3.63. The summed E-state index contributed by atoms with van der Waals surface area (Å²) in [4.78, 5) is 0. The molecule has 1 aromatic rings. The van der Waals surface area contributed by atoms with Crippen molar-refractivity contribution >= 4 is 11.8 Å². The molecular weight excluding hydrogens is 242 g/mol. The number of hydrogen-bond acceptors (Lipinski definition) is 3. The van der Waals surface area contributed by atoms with Crippen molar-refractivity contribution in [1.82, 2.24) is 5.32 Å². The monoisotopic (exact) mass is 267 g/mol. The Hall–Kier alpha value is -0.410. The fourth-order valence-corrected chi connectivity index (χ4v) is 3.96. The largest absolute Gasteiger partial charge is 0.468 e. The van der Waals surface area contributed by atoms with Gasteiger partial charge in [-0.1, -0.05) is 26.2 Å². The van der Waals surface area contributed by atoms with Crippen molar-refractivity contribution in [3.8, 4) is 0 Å². The van der Waals surface area contributed by atoms with Crippen molar-refractivity contribution in [2.75, 3.05) is 6.54 Å². The van der Waals surface area contributed by atoms with Crippen molar-refractivity contribution < 1.29 is 4.42 Å². The molecule has 2 unspecified atom stereocenters. The normalized spacial score (nSPS) is 24.9. The predicted molar refractivity (Wildman–Crippen MR) is 79.0 cm³/mol. The molecule has 0 bridgehead atoms. The fourth-order valence-electron chi connectivity index (χ4n) is 2.62. The van der Waals surface area contributed by atoms with E-state index in [0.29, 0.717) is 6.04 Å². The van der Waals surface area contributed by atoms with Crippen LogP contribution in [0.2, 0.25) is 0 Å². The maximum atomic E-state index is 5.43. The van der Waals surface area contributed by atoms with Gasteiger partial charge in [-0.2, -0.15) is 0 Å². The lowest BCUT2D eigenvalue weighted by Crippen LogP contribution is -2.37. The molecule has 3 heteroatoms. The van der Waals surface area contributed by atoms with Gasteiger partial charge in [0.2, 0.25) is 0 Å². The van der Waals surface area contributed by atoms with E-state index >= 15 is 0 Å². The molecule has 0 amide bonds. The molecule has 1 aliphatic rings. The van der Waals surface area contributed by atoms with Gasteiger partial charge in [0.05, 0.1) is 12.0 Å². The first-order valence-electron chi connectivity index (χ1n) is 7.27. The van der Waals surface area contributed by atoms with Gasteiger partial charge in [0.25, 0.3) is 0 Å². The highest BCUT2D eigenvalue weighted by molar-refractivity contribution is 7.99. The number of thioether (sulfide) groups is 1. The maximum absolute atomic E-state index is 5.43. The zero-order valence-electron chi connectivity index (χ0n) is 11.4. The summed E-state index contributed by atoms with van der Waals surface area (Å²) < 4.78 is 5.43. The van der Waals surface area contributed by atoms with Crippen LogP contribution in [0.25, 0.3) is 0 Å². The lowest BCUT2D eigenvalue weighted by Gasteiger charge is -2.25. The highest BCUT2D eigenvalue weighted by Crippen LogP contribution is 2.30. The Morgan fingerprint density at radius 1 is 1.33 bits per heavy atom. The van der Waals surface area contributed by atoms with Gasteiger partial charge in [0.15, 0.2) is 0 Å². The van der Waals surface area contributed by atoms with Crippen LogP contribution in [0.5, 0.6) is 0 Å². The van der Waals surface area contributed by atoms with E-state index in [9.17, 15) is 0 Å². The van der Waals surface area contributed by atoms with Gasteiger partial charge in [0, 0.05) is 11.3 Å². The van der Waals surface area contributed by atoms with Gasteiger partial charge < -0.3 is 9.73 Å². The van der Waals surface area contributed by atoms with Crippen LogP contribution in [0, 0.1) is 0 Å². The average Bonchev–Trinajstić information content (AvgIpc) is 2.80. The number of hydrogen-bond donors (Lipinski definition) is 1. The van der Waals surface area contributed by atoms with Crippen molar-refractivity contribution in [2.45, 2.75) is 62.5 Å². The minimum Gasteiger partial charge on any atom is -0.468 e. The van der Waals surface area contributed by atoms with Gasteiger partial charge >= 0.3 is 0 Å². The minimum absolute atomic E-state index is 0.701. The first-order chi connectivity index (χ1) is 8.90. The second kappa shape index (κ2) is 7.90. The molecule has 2 atom stereocenters. The van der Waals surface area contributed by atoms with Gasteiger partial charge in [-0.15, -0.1) is 11.8 Å². The molecule has 2 rings (SSSR count). The number of nitrogens with one attached hydrogen (secondary N) is 1. The Morgan fingerprint density at radius 3 is 3.00 bits per heavy atom. The molecule has 0 aromatic carbocycles. The van der Waals surface area contributed by atoms with Crippen LogP contribution in [0.1, 0.15) is 51.2 Å². The van der Waals surface area contributed by atoms with E-state index in [4.69, 9.17) is 4.42 Å². The van der Waals surface area contributed by atoms with E-state index in [1.807, 2.05) is 6.07 Å². The van der Waals surface area contributed by atoms with E-state index in [2.05, 4.69) is 30.1 Å². The molecule has 0 radical (unpaired) electrons. The van der Waals surface area contributed by atoms with Gasteiger partial charge in [-0.05, 0) is 37.9 Å². The summed E-state index contributed by atoms with van der Waals surface area (Å²) in [5.41, 5.74) is 0. The molecule has 0 saturated heterocycles. The smallest absolute Gasteiger partial charge is 0.113 e. The zero-order chi connectivity index (χ0) is 12.6. The Morgan fingerprint density at radius 2 is 2.22 bits per heavy atom. The summed E-state index contributed by atoms with van der Waals surface area (Å²) in [5.74, 6) is 2.13. The van der Waals surface area contributed by atoms with Crippen LogP contribution >= 0.6 is 11.8 Å². The Balaban J connectivity index is 1.84. The van der Waals surface area contributed by atoms with Crippen molar-refractivity contribution in [3.63, 3.8) is 0 Å². The molecule has 1 heterocycles. The SMILES string of the molecule is CCCNC1CCCCCC1SCc1ccco1. The number of rotatable bonds is 6. The van der Waals surface area contributed by atoms with Gasteiger partial charge in [-0.25, -0.2) is 0 Å². The quantitative estimate of drug-likeness (QED) is 0.781. The molecule has 1 aromatic heterocycles. The summed E-state index contributed by atoms with van der Waals surface area (Å²) in [6, 6.07) is 4.76. The van der Waals surface area contributed by atoms with Gasteiger partial charge in [0.1, 0.15) is 5.76 Å². The van der Waals surface area contributed by atoms with Crippen LogP contribution in [-0.2, 0) is 5.75 Å². The summed E-state index contributed by atoms with van der Waals surface area (Å²) in [5, 5.41) is 4.49. The third-order valence-corrected chi connectivity index (χ3v) is 5.07. The lowest BCUT2D eigenvalue weighted by molar-refractivity contribution is 0.469. The third kappa shape index (κ3) is 4.36. The van der Waals surface area contributed by atoms with Crippen molar-refractivity contribution in [2.24, 2.45) is 0 Å². The van der Waals surface area contributed by atoms with E-state index in [-0.39, 0.29) is 0 Å². The molecule has 1 saturated carbocycles. The fraction of sp³-hybridized carbons (Fsp3) is 0.733. The van der Waals surface area contributed by atoms with E-state index in [0.717, 1.165) is 23.3 Å². The minimum atomic E-state index is 0.701. The lowest BCUT2D eigenvalue weighted by atomic mass is 10.1. The van der Waals surface area contributed by atoms with E-state index < -0.39 is 0 Å². The van der Waals surface area contributed by atoms with Crippen LogP contribution in [0.4, 0.5) is 0 Å². The first-order valence-corrected chi connectivity index (χ1v) is 8.32. The second-order valence-corrected chi connectivity index (χ2v) is 6.35. The Bertz CT molecular complexity index is 312. The molecule has 1 fully saturated rings. The molecule has 102 valence electrons.